The van der Waals surface area contributed by atoms with Gasteiger partial charge in [-0.3, -0.25) is 4.98 Å². The van der Waals surface area contributed by atoms with Gasteiger partial charge in [0, 0.05) is 6.20 Å². The predicted octanol–water partition coefficient (Wildman–Crippen LogP) is 3.04. The van der Waals surface area contributed by atoms with Crippen molar-refractivity contribution in [1.82, 2.24) is 15.0 Å². The number of aliphatic imine (C=N–C) groups is 1. The van der Waals surface area contributed by atoms with Crippen molar-refractivity contribution in [1.29, 1.82) is 0 Å². The van der Waals surface area contributed by atoms with E-state index < -0.39 is 11.9 Å². The first-order valence-corrected chi connectivity index (χ1v) is 5.95. The second-order valence-corrected chi connectivity index (χ2v) is 4.08. The Hall–Kier alpha value is -2.25. The number of pyridine rings is 1. The Kier molecular flexibility index (Phi) is 3.82. The van der Waals surface area contributed by atoms with Crippen LogP contribution in [0.1, 0.15) is 19.8 Å². The van der Waals surface area contributed by atoms with Crippen LogP contribution in [0, 0.1) is 0 Å². The molecule has 0 unspecified atom stereocenters. The number of rotatable bonds is 3. The fourth-order valence-corrected chi connectivity index (χ4v) is 1.67. The topological polar surface area (TPSA) is 77.0 Å². The van der Waals surface area contributed by atoms with Gasteiger partial charge in [-0.25, -0.2) is 9.98 Å². The highest BCUT2D eigenvalue weighted by atomic mass is 19.4. The molecule has 2 N–H and O–H groups in total. The van der Waals surface area contributed by atoms with Gasteiger partial charge in [-0.15, -0.1) is 0 Å². The molecular formula is C12H12F3N5. The lowest BCUT2D eigenvalue weighted by molar-refractivity contribution is -0.0604. The van der Waals surface area contributed by atoms with Gasteiger partial charge in [0.05, 0.1) is 5.52 Å². The number of alkyl halides is 3. The molecular weight excluding hydrogens is 271 g/mol. The van der Waals surface area contributed by atoms with Crippen molar-refractivity contribution in [3.05, 3.63) is 18.3 Å². The van der Waals surface area contributed by atoms with Crippen LogP contribution in [0.15, 0.2) is 23.3 Å². The van der Waals surface area contributed by atoms with Gasteiger partial charge >= 0.3 is 6.18 Å². The van der Waals surface area contributed by atoms with Crippen molar-refractivity contribution in [3.8, 4) is 0 Å². The molecule has 0 atom stereocenters. The Morgan fingerprint density at radius 3 is 2.75 bits per heavy atom. The van der Waals surface area contributed by atoms with Crippen LogP contribution in [-0.2, 0) is 0 Å². The third-order valence-corrected chi connectivity index (χ3v) is 2.51. The molecule has 20 heavy (non-hydrogen) atoms. The molecule has 2 aromatic rings. The van der Waals surface area contributed by atoms with Gasteiger partial charge < -0.3 is 5.73 Å². The summed E-state index contributed by atoms with van der Waals surface area (Å²) in [7, 11) is 0. The molecule has 0 radical (unpaired) electrons. The first kappa shape index (κ1) is 14.2. The molecule has 106 valence electrons. The summed E-state index contributed by atoms with van der Waals surface area (Å²) in [5.41, 5.74) is 5.14. The van der Waals surface area contributed by atoms with Crippen LogP contribution in [0.5, 0.6) is 0 Å². The number of aromatic nitrogens is 3. The van der Waals surface area contributed by atoms with Gasteiger partial charge in [-0.2, -0.15) is 18.2 Å². The van der Waals surface area contributed by atoms with E-state index in [1.54, 1.807) is 19.1 Å². The molecule has 0 aliphatic carbocycles. The second kappa shape index (κ2) is 5.40. The Balaban J connectivity index is 2.61. The lowest BCUT2D eigenvalue weighted by atomic mass is 10.2. The first-order chi connectivity index (χ1) is 9.41. The number of anilines is 1. The molecule has 0 bridgehead atoms. The molecule has 0 aromatic carbocycles. The number of nitrogen functional groups attached to an aromatic ring is 1. The molecule has 0 amide bonds. The minimum atomic E-state index is -4.50. The average molecular weight is 283 g/mol. The fraction of sp³-hybridized carbons (Fsp3) is 0.333. The Labute approximate surface area is 112 Å². The summed E-state index contributed by atoms with van der Waals surface area (Å²) in [6.45, 7) is 1.64. The zero-order chi connectivity index (χ0) is 14.8. The summed E-state index contributed by atoms with van der Waals surface area (Å²) in [6, 6.07) is 3.20. The van der Waals surface area contributed by atoms with Crippen molar-refractivity contribution >= 4 is 28.5 Å². The maximum absolute atomic E-state index is 12.9. The quantitative estimate of drug-likeness (QED) is 0.878. The molecule has 0 spiro atoms. The maximum Gasteiger partial charge on any atom is 0.429 e. The monoisotopic (exact) mass is 283 g/mol. The largest absolute Gasteiger partial charge is 0.429 e. The number of nitrogens with zero attached hydrogens (tertiary/aromatic N) is 4. The minimum absolute atomic E-state index is 0.137. The van der Waals surface area contributed by atoms with Crippen molar-refractivity contribution in [3.63, 3.8) is 0 Å². The van der Waals surface area contributed by atoms with E-state index in [1.807, 2.05) is 0 Å². The molecule has 0 fully saturated rings. The molecule has 0 saturated carbocycles. The van der Waals surface area contributed by atoms with E-state index >= 15 is 0 Å². The summed E-state index contributed by atoms with van der Waals surface area (Å²) in [6.07, 6.45) is -2.93. The molecule has 0 saturated heterocycles. The Morgan fingerprint density at radius 2 is 2.10 bits per heavy atom. The van der Waals surface area contributed by atoms with Crippen LogP contribution in [-0.4, -0.2) is 26.8 Å². The normalized spacial score (nSPS) is 12.9. The Morgan fingerprint density at radius 1 is 1.35 bits per heavy atom. The summed E-state index contributed by atoms with van der Waals surface area (Å²) in [4.78, 5) is 15.2. The molecule has 2 rings (SSSR count). The molecule has 0 aliphatic heterocycles. The van der Waals surface area contributed by atoms with Gasteiger partial charge in [-0.05, 0) is 18.6 Å². The number of fused-ring (bicyclic) bond motifs is 1. The first-order valence-electron chi connectivity index (χ1n) is 5.95. The summed E-state index contributed by atoms with van der Waals surface area (Å²) in [5.74, 6) is -0.295. The summed E-state index contributed by atoms with van der Waals surface area (Å²) >= 11 is 0. The van der Waals surface area contributed by atoms with Gasteiger partial charge in [0.15, 0.2) is 5.82 Å². The van der Waals surface area contributed by atoms with E-state index in [9.17, 15) is 13.2 Å². The van der Waals surface area contributed by atoms with E-state index in [2.05, 4.69) is 19.9 Å². The highest BCUT2D eigenvalue weighted by molar-refractivity contribution is 5.95. The van der Waals surface area contributed by atoms with E-state index in [1.165, 1.54) is 6.20 Å². The van der Waals surface area contributed by atoms with Crippen molar-refractivity contribution < 1.29 is 13.2 Å². The van der Waals surface area contributed by atoms with Crippen LogP contribution in [0.2, 0.25) is 0 Å². The highest BCUT2D eigenvalue weighted by Gasteiger charge is 2.35. The van der Waals surface area contributed by atoms with Crippen LogP contribution >= 0.6 is 0 Å². The van der Waals surface area contributed by atoms with Crippen LogP contribution in [0.25, 0.3) is 11.0 Å². The third kappa shape index (κ3) is 3.01. The summed E-state index contributed by atoms with van der Waals surface area (Å²) in [5, 5.41) is 0. The van der Waals surface area contributed by atoms with Crippen molar-refractivity contribution in [2.24, 2.45) is 4.99 Å². The second-order valence-electron chi connectivity index (χ2n) is 4.08. The lowest BCUT2D eigenvalue weighted by Gasteiger charge is -2.10. The van der Waals surface area contributed by atoms with Crippen LogP contribution < -0.4 is 5.73 Å². The van der Waals surface area contributed by atoms with Gasteiger partial charge in [-0.1, -0.05) is 13.3 Å². The van der Waals surface area contributed by atoms with Gasteiger partial charge in [0.25, 0.3) is 0 Å². The maximum atomic E-state index is 12.9. The zero-order valence-electron chi connectivity index (χ0n) is 10.6. The molecule has 0 aliphatic rings. The number of nitrogens with two attached hydrogens (primary N) is 1. The van der Waals surface area contributed by atoms with E-state index in [-0.39, 0.29) is 23.7 Å². The standard InChI is InChI=1S/C12H12F3N5/c1-2-4-8(12(13,14)15)19-10-9-7(5-3-6-17-9)18-11(16)20-10/h3,5-6H,2,4H2,1H3,(H2,16,18,20). The number of hydrogen-bond donors (Lipinski definition) is 1. The fourth-order valence-electron chi connectivity index (χ4n) is 1.67. The van der Waals surface area contributed by atoms with Crippen molar-refractivity contribution in [2.45, 2.75) is 25.9 Å². The zero-order valence-corrected chi connectivity index (χ0v) is 10.6. The predicted molar refractivity (Wildman–Crippen MR) is 69.8 cm³/mol. The highest BCUT2D eigenvalue weighted by Crippen LogP contribution is 2.27. The van der Waals surface area contributed by atoms with E-state index in [0.29, 0.717) is 11.9 Å². The Bertz CT molecular complexity index is 651. The summed E-state index contributed by atoms with van der Waals surface area (Å²) < 4.78 is 38.6. The van der Waals surface area contributed by atoms with Crippen LogP contribution in [0.3, 0.4) is 0 Å². The van der Waals surface area contributed by atoms with Gasteiger partial charge in [0.2, 0.25) is 5.95 Å². The molecule has 8 heteroatoms. The molecule has 2 aromatic heterocycles. The molecule has 5 nitrogen and oxygen atoms in total. The number of hydrogen-bond acceptors (Lipinski definition) is 5. The smallest absolute Gasteiger partial charge is 0.368 e. The SMILES string of the molecule is CCCC(=Nc1nc(N)nc2cccnc12)C(F)(F)F. The third-order valence-electron chi connectivity index (χ3n) is 2.51. The number of halogens is 3. The lowest BCUT2D eigenvalue weighted by Crippen LogP contribution is -2.22. The van der Waals surface area contributed by atoms with Gasteiger partial charge in [0.1, 0.15) is 11.2 Å². The average Bonchev–Trinajstić information content (AvgIpc) is 2.37. The van der Waals surface area contributed by atoms with Crippen LogP contribution in [0.4, 0.5) is 24.9 Å². The van der Waals surface area contributed by atoms with E-state index in [0.717, 1.165) is 0 Å². The minimum Gasteiger partial charge on any atom is -0.368 e. The van der Waals surface area contributed by atoms with Crippen molar-refractivity contribution in [2.75, 3.05) is 5.73 Å². The molecule has 2 heterocycles. The van der Waals surface area contributed by atoms with E-state index in [4.69, 9.17) is 5.73 Å².